The van der Waals surface area contributed by atoms with Crippen LogP contribution < -0.4 is 4.90 Å². The van der Waals surface area contributed by atoms with Crippen LogP contribution in [0.5, 0.6) is 0 Å². The van der Waals surface area contributed by atoms with Gasteiger partial charge in [-0.3, -0.25) is 0 Å². The van der Waals surface area contributed by atoms with Gasteiger partial charge in [0.25, 0.3) is 0 Å². The van der Waals surface area contributed by atoms with E-state index in [9.17, 15) is 17.3 Å². The van der Waals surface area contributed by atoms with Crippen LogP contribution in [-0.2, 0) is 0 Å². The highest BCUT2D eigenvalue weighted by Gasteiger charge is 2.20. The molecule has 0 saturated heterocycles. The molecule has 0 amide bonds. The highest BCUT2D eigenvalue weighted by atomic mass is 19.5. The molecule has 0 aliphatic rings. The van der Waals surface area contributed by atoms with Crippen LogP contribution in [0.4, 0.5) is 23.0 Å². The Balaban J connectivity index is 0.000000465. The van der Waals surface area contributed by atoms with Gasteiger partial charge in [0.1, 0.15) is 0 Å². The SMILES string of the molecule is CCN(CC)c1ccc2c(C)cc(-c3ccccc3)[o+]c2c1.F[B-](F)(F)F. The number of anilines is 1. The van der Waals surface area contributed by atoms with E-state index in [4.69, 9.17) is 4.42 Å². The van der Waals surface area contributed by atoms with E-state index in [1.54, 1.807) is 0 Å². The average Bonchev–Trinajstić information content (AvgIpc) is 2.62. The lowest BCUT2D eigenvalue weighted by atomic mass is 10.1. The van der Waals surface area contributed by atoms with Crippen LogP contribution in [0.2, 0.25) is 0 Å². The molecule has 0 aliphatic heterocycles. The maximum absolute atomic E-state index is 9.75. The monoisotopic (exact) mass is 379 g/mol. The number of aryl methyl sites for hydroxylation is 1. The number of nitrogens with zero attached hydrogens (tertiary/aromatic N) is 1. The van der Waals surface area contributed by atoms with Crippen LogP contribution in [-0.4, -0.2) is 20.3 Å². The van der Waals surface area contributed by atoms with E-state index in [-0.39, 0.29) is 0 Å². The van der Waals surface area contributed by atoms with Crippen molar-refractivity contribution in [2.24, 2.45) is 0 Å². The quantitative estimate of drug-likeness (QED) is 0.280. The molecule has 0 N–H and O–H groups in total. The lowest BCUT2D eigenvalue weighted by Gasteiger charge is -2.20. The van der Waals surface area contributed by atoms with E-state index in [0.717, 1.165) is 30.0 Å². The molecule has 1 heterocycles. The molecule has 0 radical (unpaired) electrons. The summed E-state index contributed by atoms with van der Waals surface area (Å²) in [6.07, 6.45) is 0. The molecule has 1 aromatic heterocycles. The van der Waals surface area contributed by atoms with Crippen molar-refractivity contribution in [3.8, 4) is 11.3 Å². The second kappa shape index (κ2) is 8.89. The lowest BCUT2D eigenvalue weighted by molar-refractivity contribution is 0.368. The Morgan fingerprint density at radius 1 is 0.889 bits per heavy atom. The number of hydrogen-bond acceptors (Lipinski definition) is 1. The molecule has 0 spiro atoms. The second-order valence-corrected chi connectivity index (χ2v) is 6.01. The summed E-state index contributed by atoms with van der Waals surface area (Å²) in [5.41, 5.74) is 4.51. The molecule has 0 atom stereocenters. The third-order valence-corrected chi connectivity index (χ3v) is 4.14. The fourth-order valence-corrected chi connectivity index (χ4v) is 2.87. The predicted octanol–water partition coefficient (Wildman–Crippen LogP) is 6.84. The van der Waals surface area contributed by atoms with Crippen molar-refractivity contribution in [1.29, 1.82) is 0 Å². The zero-order chi connectivity index (χ0) is 20.0. The number of halogens is 4. The fourth-order valence-electron chi connectivity index (χ4n) is 2.87. The molecule has 0 fully saturated rings. The van der Waals surface area contributed by atoms with Gasteiger partial charge in [0.15, 0.2) is 0 Å². The highest BCUT2D eigenvalue weighted by molar-refractivity contribution is 6.50. The van der Waals surface area contributed by atoms with Gasteiger partial charge in [-0.05, 0) is 50.6 Å². The largest absolute Gasteiger partial charge is 0.673 e. The van der Waals surface area contributed by atoms with Crippen LogP contribution >= 0.6 is 0 Å². The van der Waals surface area contributed by atoms with Crippen LogP contribution in [0, 0.1) is 6.92 Å². The third-order valence-electron chi connectivity index (χ3n) is 4.14. The number of hydrogen-bond donors (Lipinski definition) is 0. The third kappa shape index (κ3) is 5.98. The molecule has 0 aliphatic carbocycles. The van der Waals surface area contributed by atoms with E-state index in [2.05, 4.69) is 62.1 Å². The topological polar surface area (TPSA) is 14.5 Å². The Hall–Kier alpha value is -2.57. The Morgan fingerprint density at radius 2 is 1.48 bits per heavy atom. The minimum Gasteiger partial charge on any atom is -0.418 e. The summed E-state index contributed by atoms with van der Waals surface area (Å²) < 4.78 is 45.2. The normalized spacial score (nSPS) is 11.1. The Labute approximate surface area is 156 Å². The van der Waals surface area contributed by atoms with E-state index >= 15 is 0 Å². The molecule has 7 heteroatoms. The first kappa shape index (κ1) is 20.7. The average molecular weight is 379 g/mol. The first-order chi connectivity index (χ1) is 12.7. The predicted molar refractivity (Wildman–Crippen MR) is 105 cm³/mol. The summed E-state index contributed by atoms with van der Waals surface area (Å²) in [5, 5.41) is 1.18. The van der Waals surface area contributed by atoms with Crippen molar-refractivity contribution in [3.05, 3.63) is 60.2 Å². The van der Waals surface area contributed by atoms with Gasteiger partial charge >= 0.3 is 18.6 Å². The maximum atomic E-state index is 9.75. The maximum Gasteiger partial charge on any atom is 0.673 e. The number of benzene rings is 2. The summed E-state index contributed by atoms with van der Waals surface area (Å²) in [6.45, 7) is 8.49. The van der Waals surface area contributed by atoms with Crippen molar-refractivity contribution in [1.82, 2.24) is 0 Å². The summed E-state index contributed by atoms with van der Waals surface area (Å²) in [5.74, 6) is 0.919. The molecule has 0 saturated carbocycles. The Morgan fingerprint density at radius 3 is 2.04 bits per heavy atom. The van der Waals surface area contributed by atoms with Gasteiger partial charge in [0.05, 0.1) is 17.0 Å². The Kier molecular flexibility index (Phi) is 6.83. The van der Waals surface area contributed by atoms with Crippen LogP contribution in [0.25, 0.3) is 22.3 Å². The molecule has 0 bridgehead atoms. The van der Waals surface area contributed by atoms with Crippen molar-refractivity contribution >= 4 is 23.9 Å². The number of fused-ring (bicyclic) bond motifs is 1. The van der Waals surface area contributed by atoms with Gasteiger partial charge < -0.3 is 22.2 Å². The van der Waals surface area contributed by atoms with Gasteiger partial charge in [0.2, 0.25) is 0 Å². The molecular formula is C20H22BF4NO. The van der Waals surface area contributed by atoms with Gasteiger partial charge in [-0.1, -0.05) is 18.2 Å². The molecular weight excluding hydrogens is 357 g/mol. The van der Waals surface area contributed by atoms with E-state index < -0.39 is 7.25 Å². The minimum absolute atomic E-state index is 0.919. The molecule has 0 unspecified atom stereocenters. The number of rotatable bonds is 4. The van der Waals surface area contributed by atoms with Crippen LogP contribution in [0.1, 0.15) is 19.4 Å². The summed E-state index contributed by atoms with van der Waals surface area (Å²) in [7, 11) is -6.00. The standard InChI is InChI=1S/C20H22NO.BF4/c1-4-21(5-2)17-11-12-18-15(3)13-19(22-20(18)14-17)16-9-7-6-8-10-16;2-1(3,4)5/h6-14H,4-5H2,1-3H3;/q+1;-1. The molecule has 3 aromatic rings. The van der Waals surface area contributed by atoms with Crippen molar-refractivity contribution in [3.63, 3.8) is 0 Å². The molecule has 2 aromatic carbocycles. The Bertz CT molecular complexity index is 874. The lowest BCUT2D eigenvalue weighted by Crippen LogP contribution is -2.21. The van der Waals surface area contributed by atoms with Crippen molar-refractivity contribution in [2.75, 3.05) is 18.0 Å². The van der Waals surface area contributed by atoms with Crippen LogP contribution in [0.15, 0.2) is 59.0 Å². The van der Waals surface area contributed by atoms with Crippen LogP contribution in [0.3, 0.4) is 0 Å². The minimum atomic E-state index is -6.00. The first-order valence-electron chi connectivity index (χ1n) is 8.78. The van der Waals surface area contributed by atoms with E-state index in [1.165, 1.54) is 16.6 Å². The van der Waals surface area contributed by atoms with Gasteiger partial charge in [0, 0.05) is 24.8 Å². The van der Waals surface area contributed by atoms with E-state index in [0.29, 0.717) is 0 Å². The zero-order valence-corrected chi connectivity index (χ0v) is 15.6. The second-order valence-electron chi connectivity index (χ2n) is 6.01. The van der Waals surface area contributed by atoms with Crippen molar-refractivity contribution < 1.29 is 21.7 Å². The highest BCUT2D eigenvalue weighted by Crippen LogP contribution is 2.30. The molecule has 3 rings (SSSR count). The summed E-state index contributed by atoms with van der Waals surface area (Å²) >= 11 is 0. The van der Waals surface area contributed by atoms with E-state index in [1.807, 2.05) is 18.2 Å². The van der Waals surface area contributed by atoms with Gasteiger partial charge in [-0.25, -0.2) is 4.42 Å². The van der Waals surface area contributed by atoms with Gasteiger partial charge in [-0.2, -0.15) is 0 Å². The first-order valence-corrected chi connectivity index (χ1v) is 8.78. The fraction of sp³-hybridized carbons (Fsp3) is 0.250. The molecule has 2 nitrogen and oxygen atoms in total. The smallest absolute Gasteiger partial charge is 0.418 e. The zero-order valence-electron chi connectivity index (χ0n) is 15.6. The molecule has 27 heavy (non-hydrogen) atoms. The van der Waals surface area contributed by atoms with Gasteiger partial charge in [-0.15, -0.1) is 0 Å². The summed E-state index contributed by atoms with van der Waals surface area (Å²) in [6, 6.07) is 18.9. The van der Waals surface area contributed by atoms with Crippen molar-refractivity contribution in [2.45, 2.75) is 20.8 Å². The summed E-state index contributed by atoms with van der Waals surface area (Å²) in [4.78, 5) is 2.33. The molecule has 144 valence electrons.